The van der Waals surface area contributed by atoms with Crippen LogP contribution in [0.25, 0.3) is 11.3 Å². The van der Waals surface area contributed by atoms with E-state index in [0.29, 0.717) is 5.69 Å². The van der Waals surface area contributed by atoms with Crippen molar-refractivity contribution >= 4 is 5.69 Å². The summed E-state index contributed by atoms with van der Waals surface area (Å²) in [6.45, 7) is 0. The number of nitro groups is 1. The van der Waals surface area contributed by atoms with Gasteiger partial charge in [0.2, 0.25) is 0 Å². The second-order valence-corrected chi connectivity index (χ2v) is 3.14. The molecule has 0 N–H and O–H groups in total. The zero-order valence-corrected chi connectivity index (χ0v) is 8.13. The van der Waals surface area contributed by atoms with Gasteiger partial charge in [0.1, 0.15) is 5.82 Å². The van der Waals surface area contributed by atoms with Crippen molar-refractivity contribution in [2.75, 3.05) is 0 Å². The Morgan fingerprint density at radius 2 is 2.06 bits per heavy atom. The molecule has 0 spiro atoms. The van der Waals surface area contributed by atoms with E-state index in [1.54, 1.807) is 18.2 Å². The van der Waals surface area contributed by atoms with Crippen molar-refractivity contribution in [1.82, 2.24) is 4.98 Å². The third kappa shape index (κ3) is 1.88. The quantitative estimate of drug-likeness (QED) is 0.575. The van der Waals surface area contributed by atoms with Crippen LogP contribution < -0.4 is 0 Å². The molecule has 0 fully saturated rings. The Bertz CT molecular complexity index is 529. The number of hydrogen-bond donors (Lipinski definition) is 0. The SMILES string of the molecule is O=[N+]([O-])c1ccc(F)c(-c2ccccn2)c1. The highest BCUT2D eigenvalue weighted by molar-refractivity contribution is 5.63. The maximum atomic E-state index is 13.5. The highest BCUT2D eigenvalue weighted by Gasteiger charge is 2.12. The molecule has 1 aromatic heterocycles. The van der Waals surface area contributed by atoms with Gasteiger partial charge in [-0.2, -0.15) is 0 Å². The lowest BCUT2D eigenvalue weighted by atomic mass is 10.1. The summed E-state index contributed by atoms with van der Waals surface area (Å²) < 4.78 is 13.5. The van der Waals surface area contributed by atoms with Gasteiger partial charge in [0.25, 0.3) is 5.69 Å². The van der Waals surface area contributed by atoms with E-state index in [4.69, 9.17) is 0 Å². The van der Waals surface area contributed by atoms with Crippen LogP contribution in [-0.4, -0.2) is 9.91 Å². The number of halogens is 1. The third-order valence-electron chi connectivity index (χ3n) is 2.10. The normalized spacial score (nSPS) is 10.1. The average Bonchev–Trinajstić information content (AvgIpc) is 2.30. The topological polar surface area (TPSA) is 56.0 Å². The monoisotopic (exact) mass is 218 g/mol. The highest BCUT2D eigenvalue weighted by atomic mass is 19.1. The summed E-state index contributed by atoms with van der Waals surface area (Å²) in [5, 5.41) is 10.6. The van der Waals surface area contributed by atoms with E-state index in [-0.39, 0.29) is 11.3 Å². The van der Waals surface area contributed by atoms with Crippen LogP contribution in [0.5, 0.6) is 0 Å². The Hall–Kier alpha value is -2.30. The lowest BCUT2D eigenvalue weighted by molar-refractivity contribution is -0.384. The van der Waals surface area contributed by atoms with Crippen LogP contribution >= 0.6 is 0 Å². The van der Waals surface area contributed by atoms with E-state index >= 15 is 0 Å². The molecule has 0 unspecified atom stereocenters. The van der Waals surface area contributed by atoms with Crippen molar-refractivity contribution in [3.05, 3.63) is 58.5 Å². The molecular formula is C11H7FN2O2. The minimum Gasteiger partial charge on any atom is -0.258 e. The molecular weight excluding hydrogens is 211 g/mol. The molecule has 4 nitrogen and oxygen atoms in total. The van der Waals surface area contributed by atoms with Gasteiger partial charge in [-0.05, 0) is 18.2 Å². The van der Waals surface area contributed by atoms with Crippen LogP contribution in [-0.2, 0) is 0 Å². The maximum Gasteiger partial charge on any atom is 0.270 e. The number of nitrogens with zero attached hydrogens (tertiary/aromatic N) is 2. The first-order valence-electron chi connectivity index (χ1n) is 4.54. The van der Waals surface area contributed by atoms with Gasteiger partial charge >= 0.3 is 0 Å². The second-order valence-electron chi connectivity index (χ2n) is 3.14. The predicted molar refractivity (Wildman–Crippen MR) is 56.3 cm³/mol. The van der Waals surface area contributed by atoms with Gasteiger partial charge in [-0.3, -0.25) is 15.1 Å². The molecule has 1 aromatic carbocycles. The van der Waals surface area contributed by atoms with Gasteiger partial charge in [-0.15, -0.1) is 0 Å². The fourth-order valence-electron chi connectivity index (χ4n) is 1.35. The van der Waals surface area contributed by atoms with Crippen LogP contribution in [0.2, 0.25) is 0 Å². The Kier molecular flexibility index (Phi) is 2.59. The Morgan fingerprint density at radius 1 is 1.25 bits per heavy atom. The second kappa shape index (κ2) is 4.06. The van der Waals surface area contributed by atoms with Crippen LogP contribution in [0.3, 0.4) is 0 Å². The summed E-state index contributed by atoms with van der Waals surface area (Å²) in [7, 11) is 0. The molecule has 0 amide bonds. The van der Waals surface area contributed by atoms with Crippen LogP contribution in [0.1, 0.15) is 0 Å². The number of non-ortho nitro benzene ring substituents is 1. The molecule has 0 radical (unpaired) electrons. The van der Waals surface area contributed by atoms with Gasteiger partial charge in [0.15, 0.2) is 0 Å². The number of pyridine rings is 1. The number of rotatable bonds is 2. The van der Waals surface area contributed by atoms with Crippen LogP contribution in [0, 0.1) is 15.9 Å². The zero-order valence-electron chi connectivity index (χ0n) is 8.13. The molecule has 16 heavy (non-hydrogen) atoms. The molecule has 80 valence electrons. The first-order chi connectivity index (χ1) is 7.68. The first kappa shape index (κ1) is 10.2. The standard InChI is InChI=1S/C11H7FN2O2/c12-10-5-4-8(14(15)16)7-9(10)11-3-1-2-6-13-11/h1-7H. The molecule has 0 atom stereocenters. The van der Waals surface area contributed by atoms with Gasteiger partial charge in [-0.1, -0.05) is 6.07 Å². The van der Waals surface area contributed by atoms with Crippen molar-refractivity contribution in [3.8, 4) is 11.3 Å². The van der Waals surface area contributed by atoms with E-state index in [1.165, 1.54) is 12.3 Å². The molecule has 5 heteroatoms. The Morgan fingerprint density at radius 3 is 2.69 bits per heavy atom. The van der Waals surface area contributed by atoms with E-state index in [1.807, 2.05) is 0 Å². The summed E-state index contributed by atoms with van der Waals surface area (Å²) in [5.74, 6) is -0.524. The van der Waals surface area contributed by atoms with Gasteiger partial charge in [0, 0.05) is 23.9 Å². The minimum absolute atomic E-state index is 0.134. The maximum absolute atomic E-state index is 13.5. The van der Waals surface area contributed by atoms with Gasteiger partial charge < -0.3 is 0 Å². The van der Waals surface area contributed by atoms with Crippen molar-refractivity contribution in [2.45, 2.75) is 0 Å². The Labute approximate surface area is 90.5 Å². The molecule has 2 rings (SSSR count). The van der Waals surface area contributed by atoms with Crippen molar-refractivity contribution in [2.24, 2.45) is 0 Å². The fourth-order valence-corrected chi connectivity index (χ4v) is 1.35. The lowest BCUT2D eigenvalue weighted by Crippen LogP contribution is -1.92. The molecule has 0 aliphatic carbocycles. The first-order valence-corrected chi connectivity index (χ1v) is 4.54. The smallest absolute Gasteiger partial charge is 0.258 e. The van der Waals surface area contributed by atoms with Crippen molar-refractivity contribution in [1.29, 1.82) is 0 Å². The molecule has 0 saturated carbocycles. The van der Waals surface area contributed by atoms with Crippen LogP contribution in [0.15, 0.2) is 42.6 Å². The van der Waals surface area contributed by atoms with E-state index in [0.717, 1.165) is 12.1 Å². The van der Waals surface area contributed by atoms with Crippen molar-refractivity contribution < 1.29 is 9.31 Å². The summed E-state index contributed by atoms with van der Waals surface area (Å²) >= 11 is 0. The fraction of sp³-hybridized carbons (Fsp3) is 0. The molecule has 1 heterocycles. The summed E-state index contributed by atoms with van der Waals surface area (Å²) in [5.41, 5.74) is 0.362. The number of hydrogen-bond acceptors (Lipinski definition) is 3. The van der Waals surface area contributed by atoms with Gasteiger partial charge in [0.05, 0.1) is 10.6 Å². The van der Waals surface area contributed by atoms with Crippen LogP contribution in [0.4, 0.5) is 10.1 Å². The summed E-state index contributed by atoms with van der Waals surface area (Å²) in [4.78, 5) is 13.9. The van der Waals surface area contributed by atoms with E-state index in [2.05, 4.69) is 4.98 Å². The average molecular weight is 218 g/mol. The Balaban J connectivity index is 2.56. The third-order valence-corrected chi connectivity index (χ3v) is 2.10. The summed E-state index contributed by atoms with van der Waals surface area (Å²) in [6.07, 6.45) is 1.51. The number of nitro benzene ring substituents is 1. The number of benzene rings is 1. The number of aromatic nitrogens is 1. The molecule has 0 aliphatic rings. The molecule has 0 aliphatic heterocycles. The molecule has 0 bridgehead atoms. The predicted octanol–water partition coefficient (Wildman–Crippen LogP) is 2.80. The molecule has 0 saturated heterocycles. The largest absolute Gasteiger partial charge is 0.270 e. The lowest BCUT2D eigenvalue weighted by Gasteiger charge is -2.01. The minimum atomic E-state index is -0.564. The molecule has 2 aromatic rings. The zero-order chi connectivity index (χ0) is 11.5. The van der Waals surface area contributed by atoms with Gasteiger partial charge in [-0.25, -0.2) is 4.39 Å². The van der Waals surface area contributed by atoms with Crippen molar-refractivity contribution in [3.63, 3.8) is 0 Å². The van der Waals surface area contributed by atoms with E-state index < -0.39 is 10.7 Å². The highest BCUT2D eigenvalue weighted by Crippen LogP contribution is 2.25. The van der Waals surface area contributed by atoms with E-state index in [9.17, 15) is 14.5 Å². The summed E-state index contributed by atoms with van der Waals surface area (Å²) in [6, 6.07) is 8.36.